The highest BCUT2D eigenvalue weighted by atomic mass is 35.5. The topological polar surface area (TPSA) is 237 Å². The van der Waals surface area contributed by atoms with Crippen molar-refractivity contribution in [2.24, 2.45) is 23.2 Å². The summed E-state index contributed by atoms with van der Waals surface area (Å²) in [5.74, 6) is 7.81. The van der Waals surface area contributed by atoms with E-state index in [2.05, 4.69) is 15.3 Å². The van der Waals surface area contributed by atoms with Gasteiger partial charge in [-0.3, -0.25) is 9.59 Å². The number of aromatic nitrogens is 2. The smallest absolute Gasteiger partial charge is 0.335 e. The van der Waals surface area contributed by atoms with Crippen LogP contribution < -0.4 is 38.5 Å². The summed E-state index contributed by atoms with van der Waals surface area (Å²) >= 11 is 6.03. The number of primary amides is 2. The SMILES string of the molecule is NC(=O)N(N)c1nc(N(N)C(N)=O)c(C(=O)NC(CC(=O)O)c2ccc(-c3ccccc3)cc2)nc1Cl. The van der Waals surface area contributed by atoms with E-state index in [0.29, 0.717) is 10.6 Å². The molecule has 1 atom stereocenters. The van der Waals surface area contributed by atoms with Crippen molar-refractivity contribution in [1.82, 2.24) is 15.3 Å². The average Bonchev–Trinajstić information content (AvgIpc) is 2.87. The number of rotatable bonds is 8. The molecular weight excluding hydrogens is 506 g/mol. The Hall–Kier alpha value is -4.79. The van der Waals surface area contributed by atoms with Crippen LogP contribution in [0.1, 0.15) is 28.5 Å². The van der Waals surface area contributed by atoms with Gasteiger partial charge in [0.25, 0.3) is 5.91 Å². The monoisotopic (exact) mass is 527 g/mol. The maximum absolute atomic E-state index is 13.2. The molecule has 0 aliphatic carbocycles. The van der Waals surface area contributed by atoms with Crippen LogP contribution in [0.2, 0.25) is 5.15 Å². The van der Waals surface area contributed by atoms with Crippen LogP contribution in [0.25, 0.3) is 11.1 Å². The van der Waals surface area contributed by atoms with Gasteiger partial charge < -0.3 is 21.9 Å². The largest absolute Gasteiger partial charge is 0.481 e. The minimum Gasteiger partial charge on any atom is -0.481 e. The summed E-state index contributed by atoms with van der Waals surface area (Å²) < 4.78 is 0. The summed E-state index contributed by atoms with van der Waals surface area (Å²) in [4.78, 5) is 55.5. The first kappa shape index (κ1) is 26.8. The number of nitrogens with two attached hydrogens (primary N) is 4. The molecule has 0 spiro atoms. The van der Waals surface area contributed by atoms with E-state index in [4.69, 9.17) is 34.8 Å². The Kier molecular flexibility index (Phi) is 8.19. The predicted octanol–water partition coefficient (Wildman–Crippen LogP) is 1.26. The van der Waals surface area contributed by atoms with Crippen molar-refractivity contribution in [2.45, 2.75) is 12.5 Å². The summed E-state index contributed by atoms with van der Waals surface area (Å²) in [6, 6.07) is 12.9. The first-order valence-electron chi connectivity index (χ1n) is 10.4. The lowest BCUT2D eigenvalue weighted by Gasteiger charge is -2.22. The zero-order valence-electron chi connectivity index (χ0n) is 19.0. The Morgan fingerprint density at radius 2 is 1.41 bits per heavy atom. The standard InChI is InChI=1S/C22H22ClN9O5/c23-17-19(32(27)22(25)37)30-18(31(26)21(24)36)16(29-17)20(35)28-14(10-15(33)34)13-8-6-12(7-9-13)11-4-2-1-3-5-11/h1-9,14H,10,26-27H2,(H2,24,36)(H2,25,37)(H,28,35)(H,33,34). The number of hydrogen-bond acceptors (Lipinski definition) is 8. The summed E-state index contributed by atoms with van der Waals surface area (Å²) in [6.07, 6.45) is -0.495. The number of hydrogen-bond donors (Lipinski definition) is 6. The predicted molar refractivity (Wildman–Crippen MR) is 134 cm³/mol. The number of carboxylic acids is 1. The lowest BCUT2D eigenvalue weighted by atomic mass is 9.99. The van der Waals surface area contributed by atoms with Gasteiger partial charge in [-0.15, -0.1) is 0 Å². The fraction of sp³-hybridized carbons (Fsp3) is 0.0909. The second kappa shape index (κ2) is 11.3. The first-order valence-corrected chi connectivity index (χ1v) is 10.8. The molecule has 15 heteroatoms. The molecule has 1 unspecified atom stereocenters. The van der Waals surface area contributed by atoms with Crippen molar-refractivity contribution in [3.8, 4) is 11.1 Å². The first-order chi connectivity index (χ1) is 17.5. The molecule has 192 valence electrons. The van der Waals surface area contributed by atoms with Crippen molar-refractivity contribution in [2.75, 3.05) is 10.0 Å². The van der Waals surface area contributed by atoms with Crippen molar-refractivity contribution < 1.29 is 24.3 Å². The molecule has 0 aliphatic heterocycles. The minimum atomic E-state index is -1.24. The van der Waals surface area contributed by atoms with Crippen LogP contribution in [-0.4, -0.2) is 39.0 Å². The zero-order chi connectivity index (χ0) is 27.3. The number of nitrogens with one attached hydrogen (secondary N) is 1. The van der Waals surface area contributed by atoms with Gasteiger partial charge >= 0.3 is 18.0 Å². The molecular formula is C22H22ClN9O5. The van der Waals surface area contributed by atoms with Gasteiger partial charge in [0.1, 0.15) is 0 Å². The molecule has 0 saturated carbocycles. The van der Waals surface area contributed by atoms with Crippen LogP contribution in [0, 0.1) is 0 Å². The number of carbonyl (C=O) groups excluding carboxylic acids is 3. The van der Waals surface area contributed by atoms with E-state index >= 15 is 0 Å². The van der Waals surface area contributed by atoms with Gasteiger partial charge in [0, 0.05) is 0 Å². The Morgan fingerprint density at radius 3 is 1.95 bits per heavy atom. The van der Waals surface area contributed by atoms with E-state index in [1.807, 2.05) is 30.3 Å². The fourth-order valence-corrected chi connectivity index (χ4v) is 3.49. The summed E-state index contributed by atoms with van der Waals surface area (Å²) in [6.45, 7) is 0. The molecule has 2 aromatic carbocycles. The number of urea groups is 2. The maximum atomic E-state index is 13.2. The normalized spacial score (nSPS) is 11.3. The number of aliphatic carboxylic acids is 1. The van der Waals surface area contributed by atoms with E-state index in [1.54, 1.807) is 24.3 Å². The van der Waals surface area contributed by atoms with Crippen LogP contribution in [0.3, 0.4) is 0 Å². The lowest BCUT2D eigenvalue weighted by molar-refractivity contribution is -0.137. The second-order valence-electron chi connectivity index (χ2n) is 7.54. The number of hydrazine groups is 2. The van der Waals surface area contributed by atoms with E-state index in [0.717, 1.165) is 11.1 Å². The van der Waals surface area contributed by atoms with Gasteiger partial charge in [-0.25, -0.2) is 41.3 Å². The van der Waals surface area contributed by atoms with Crippen molar-refractivity contribution in [1.29, 1.82) is 0 Å². The third-order valence-corrected chi connectivity index (χ3v) is 5.32. The molecule has 3 aromatic rings. The Bertz CT molecular complexity index is 1340. The summed E-state index contributed by atoms with van der Waals surface area (Å²) in [7, 11) is 0. The van der Waals surface area contributed by atoms with Crippen LogP contribution in [-0.2, 0) is 4.79 Å². The maximum Gasteiger partial charge on any atom is 0.335 e. The van der Waals surface area contributed by atoms with E-state index in [-0.39, 0.29) is 5.01 Å². The third kappa shape index (κ3) is 6.26. The molecule has 0 aliphatic rings. The van der Waals surface area contributed by atoms with E-state index in [9.17, 15) is 24.3 Å². The second-order valence-corrected chi connectivity index (χ2v) is 7.90. The quantitative estimate of drug-likeness (QED) is 0.140. The molecule has 37 heavy (non-hydrogen) atoms. The highest BCUT2D eigenvalue weighted by Gasteiger charge is 2.29. The Balaban J connectivity index is 1.98. The summed E-state index contributed by atoms with van der Waals surface area (Å²) in [5, 5.41) is 12.0. The number of anilines is 2. The van der Waals surface area contributed by atoms with E-state index in [1.165, 1.54) is 0 Å². The van der Waals surface area contributed by atoms with Gasteiger partial charge in [0.15, 0.2) is 22.5 Å². The van der Waals surface area contributed by atoms with Crippen molar-refractivity contribution in [3.05, 3.63) is 71.0 Å². The molecule has 5 amide bonds. The number of amides is 5. The van der Waals surface area contributed by atoms with Gasteiger partial charge in [-0.05, 0) is 16.7 Å². The van der Waals surface area contributed by atoms with Crippen LogP contribution >= 0.6 is 11.6 Å². The minimum absolute atomic E-state index is 0.275. The molecule has 0 saturated heterocycles. The molecule has 1 aromatic heterocycles. The van der Waals surface area contributed by atoms with Gasteiger partial charge in [-0.1, -0.05) is 66.2 Å². The molecule has 10 N–H and O–H groups in total. The van der Waals surface area contributed by atoms with Crippen LogP contribution in [0.15, 0.2) is 54.6 Å². The van der Waals surface area contributed by atoms with Gasteiger partial charge in [0.2, 0.25) is 0 Å². The molecule has 0 bridgehead atoms. The summed E-state index contributed by atoms with van der Waals surface area (Å²) in [5.41, 5.74) is 12.0. The van der Waals surface area contributed by atoms with Gasteiger partial charge in [-0.2, -0.15) is 0 Å². The number of carboxylic acid groups (broad SMARTS) is 1. The number of carbonyl (C=O) groups is 4. The fourth-order valence-electron chi connectivity index (χ4n) is 3.27. The Morgan fingerprint density at radius 1 is 0.865 bits per heavy atom. The molecule has 0 fully saturated rings. The van der Waals surface area contributed by atoms with Crippen LogP contribution in [0.4, 0.5) is 21.2 Å². The number of benzene rings is 2. The molecule has 3 rings (SSSR count). The highest BCUT2D eigenvalue weighted by molar-refractivity contribution is 6.32. The number of nitrogens with zero attached hydrogens (tertiary/aromatic N) is 4. The van der Waals surface area contributed by atoms with E-state index < -0.39 is 58.9 Å². The zero-order valence-corrected chi connectivity index (χ0v) is 19.8. The number of halogens is 1. The lowest BCUT2D eigenvalue weighted by Crippen LogP contribution is -2.46. The van der Waals surface area contributed by atoms with Crippen molar-refractivity contribution >= 4 is 47.2 Å². The molecule has 14 nitrogen and oxygen atoms in total. The van der Waals surface area contributed by atoms with Crippen LogP contribution in [0.5, 0.6) is 0 Å². The van der Waals surface area contributed by atoms with Crippen molar-refractivity contribution in [3.63, 3.8) is 0 Å². The highest BCUT2D eigenvalue weighted by Crippen LogP contribution is 2.27. The Labute approximate surface area is 214 Å². The molecule has 1 heterocycles. The molecule has 0 radical (unpaired) electrons. The average molecular weight is 528 g/mol. The van der Waals surface area contributed by atoms with Gasteiger partial charge in [0.05, 0.1) is 12.5 Å². The third-order valence-electron chi connectivity index (χ3n) is 5.07.